The molecule has 4 heterocycles. The van der Waals surface area contributed by atoms with E-state index in [0.717, 1.165) is 5.57 Å². The molecule has 0 N–H and O–H groups in total. The second-order valence-corrected chi connectivity index (χ2v) is 17.5. The van der Waals surface area contributed by atoms with Crippen LogP contribution in [0.3, 0.4) is 0 Å². The van der Waals surface area contributed by atoms with Crippen LogP contribution in [0.5, 0.6) is 0 Å². The van der Waals surface area contributed by atoms with Crippen LogP contribution in [0.2, 0.25) is 0 Å². The van der Waals surface area contributed by atoms with Gasteiger partial charge in [-0.1, -0.05) is 65.3 Å². The lowest BCUT2D eigenvalue weighted by Gasteiger charge is -2.48. The summed E-state index contributed by atoms with van der Waals surface area (Å²) in [5, 5.41) is 0. The lowest BCUT2D eigenvalue weighted by atomic mass is 9.80. The quantitative estimate of drug-likeness (QED) is 0.168. The van der Waals surface area contributed by atoms with Crippen molar-refractivity contribution in [3.05, 3.63) is 48.8 Å². The first-order valence-electron chi connectivity index (χ1n) is 21.5. The highest BCUT2D eigenvalue weighted by Crippen LogP contribution is 2.39. The van der Waals surface area contributed by atoms with Gasteiger partial charge in [-0.2, -0.15) is 0 Å². The molecule has 2 fully saturated rings. The Morgan fingerprint density at radius 3 is 2.17 bits per heavy atom. The molecule has 18 atom stereocenters. The topological polar surface area (TPSA) is 120 Å². The van der Waals surface area contributed by atoms with E-state index in [9.17, 15) is 9.59 Å². The predicted octanol–water partition coefficient (Wildman–Crippen LogP) is 6.92. The third kappa shape index (κ3) is 12.1. The second-order valence-electron chi connectivity index (χ2n) is 17.5. The van der Waals surface area contributed by atoms with E-state index >= 15 is 0 Å². The minimum Gasteiger partial charge on any atom is -0.498 e. The molecule has 12 nitrogen and oxygen atoms in total. The summed E-state index contributed by atoms with van der Waals surface area (Å²) < 4.78 is 57.2. The number of allylic oxidation sites excluding steroid dienone is 3. The average molecular weight is 818 g/mol. The highest BCUT2D eigenvalue weighted by molar-refractivity contribution is 5.91. The number of esters is 1. The summed E-state index contributed by atoms with van der Waals surface area (Å²) in [7, 11) is 7.48. The molecular weight excluding hydrogens is 743 g/mol. The summed E-state index contributed by atoms with van der Waals surface area (Å²) in [6, 6.07) is 0.210. The zero-order valence-electron chi connectivity index (χ0n) is 37.5. The Morgan fingerprint density at radius 2 is 1.53 bits per heavy atom. The first kappa shape index (κ1) is 48.2. The number of ether oxygens (including phenoxy) is 9. The second kappa shape index (κ2) is 22.4. The van der Waals surface area contributed by atoms with Crippen molar-refractivity contribution in [1.82, 2.24) is 4.90 Å². The monoisotopic (exact) mass is 818 g/mol. The molecule has 0 aliphatic carbocycles. The van der Waals surface area contributed by atoms with Gasteiger partial charge in [0.1, 0.15) is 24.9 Å². The molecule has 2 bridgehead atoms. The van der Waals surface area contributed by atoms with Crippen LogP contribution in [0.15, 0.2) is 48.8 Å². The van der Waals surface area contributed by atoms with E-state index in [1.54, 1.807) is 32.6 Å². The molecule has 2 saturated heterocycles. The van der Waals surface area contributed by atoms with E-state index in [-0.39, 0.29) is 91.2 Å². The van der Waals surface area contributed by atoms with Crippen molar-refractivity contribution in [1.29, 1.82) is 0 Å². The Hall–Kier alpha value is -2.42. The maximum absolute atomic E-state index is 14.2. The zero-order valence-corrected chi connectivity index (χ0v) is 37.5. The maximum atomic E-state index is 14.2. The molecule has 2 unspecified atom stereocenters. The summed E-state index contributed by atoms with van der Waals surface area (Å²) in [6.45, 7) is 22.8. The smallest absolute Gasteiger partial charge is 0.308 e. The molecular formula is C46H75NO11. The van der Waals surface area contributed by atoms with Gasteiger partial charge in [-0.15, -0.1) is 6.58 Å². The van der Waals surface area contributed by atoms with Gasteiger partial charge in [0.25, 0.3) is 0 Å². The number of cyclic esters (lactones) is 1. The fourth-order valence-corrected chi connectivity index (χ4v) is 9.31. The van der Waals surface area contributed by atoms with Gasteiger partial charge >= 0.3 is 5.97 Å². The molecule has 4 rings (SSSR count). The molecule has 4 aliphatic heterocycles. The zero-order chi connectivity index (χ0) is 42.8. The predicted molar refractivity (Wildman–Crippen MR) is 223 cm³/mol. The number of hydrogen-bond acceptors (Lipinski definition) is 12. The highest BCUT2D eigenvalue weighted by Gasteiger charge is 2.46. The van der Waals surface area contributed by atoms with Gasteiger partial charge in [0, 0.05) is 55.8 Å². The molecule has 0 aromatic heterocycles. The van der Waals surface area contributed by atoms with Crippen LogP contribution in [-0.4, -0.2) is 126 Å². The number of carbonyl (C=O) groups excluding carboxylic acids is 2. The normalized spacial score (nSPS) is 44.4. The van der Waals surface area contributed by atoms with E-state index in [1.165, 1.54) is 0 Å². The van der Waals surface area contributed by atoms with Gasteiger partial charge < -0.3 is 47.5 Å². The Kier molecular flexibility index (Phi) is 18.7. The summed E-state index contributed by atoms with van der Waals surface area (Å²) in [4.78, 5) is 30.3. The summed E-state index contributed by atoms with van der Waals surface area (Å²) in [5.74, 6) is -1.36. The fraction of sp³-hybridized carbons (Fsp3) is 0.783. The number of nitrogens with zero attached hydrogens (tertiary/aromatic N) is 1. The largest absolute Gasteiger partial charge is 0.498 e. The van der Waals surface area contributed by atoms with Crippen molar-refractivity contribution in [2.24, 2.45) is 41.4 Å². The summed E-state index contributed by atoms with van der Waals surface area (Å²) in [5.41, 5.74) is 0.840. The Labute approximate surface area is 348 Å². The Bertz CT molecular complexity index is 1420. The summed E-state index contributed by atoms with van der Waals surface area (Å²) in [6.07, 6.45) is 7.45. The molecule has 4 aliphatic rings. The number of hydrogen-bond donors (Lipinski definition) is 0. The van der Waals surface area contributed by atoms with Crippen LogP contribution in [0.25, 0.3) is 0 Å². The molecule has 0 saturated carbocycles. The maximum Gasteiger partial charge on any atom is 0.308 e. The first-order chi connectivity index (χ1) is 27.5. The lowest BCUT2D eigenvalue weighted by molar-refractivity contribution is -0.292. The SMILES string of the molecule is C=CC1CO/C=C\C2C[C@@H](C)C(=O)/C=C/C(C)=C/[C@H](CO[C@@H]3O[C@H](C)[C@@H](C)[C@@H](OC)[C@H]3OC)[C@@H](CC)OC(=O)C[C@@H](O1)[C@H](C)[C@H]2O[C@@H]1O[C@H](C)[C@@H](C)[C@H](N(C)C)[C@H]1C. The number of methoxy groups -OCH3 is 2. The molecule has 0 spiro atoms. The molecule has 12 heteroatoms. The van der Waals surface area contributed by atoms with Crippen molar-refractivity contribution in [2.45, 2.75) is 149 Å². The van der Waals surface area contributed by atoms with E-state index in [2.05, 4.69) is 60.2 Å². The molecule has 0 aromatic rings. The van der Waals surface area contributed by atoms with Crippen molar-refractivity contribution in [3.8, 4) is 0 Å². The van der Waals surface area contributed by atoms with Gasteiger partial charge in [0.05, 0.1) is 49.8 Å². The minimum atomic E-state index is -0.703. The van der Waals surface area contributed by atoms with E-state index in [0.29, 0.717) is 12.8 Å². The third-order valence-electron chi connectivity index (χ3n) is 13.1. The van der Waals surface area contributed by atoms with Gasteiger partial charge in [0.2, 0.25) is 0 Å². The van der Waals surface area contributed by atoms with Crippen LogP contribution >= 0.6 is 0 Å². The average Bonchev–Trinajstić information content (AvgIpc) is 3.18. The van der Waals surface area contributed by atoms with Crippen LogP contribution < -0.4 is 0 Å². The molecule has 0 amide bonds. The molecule has 330 valence electrons. The standard InChI is InChI=1S/C46H75NO11/c1-15-36-25-52-20-19-34-22-27(4)37(48)18-17-26(3)21-35(24-53-46-44(51-14)43(50-13)29(6)33(10)55-46)38(16-2)57-40(49)23-39(56-36)30(7)42(34)58-45-31(8)41(47(11)12)28(5)32(9)54-45/h15,17-21,27-36,38-39,41-46H,1,16,22-25H2,2-14H3/b18-17+,20-19-,26-21+/t27-,28-,29-,30+,31-,32-,33-,34?,35-,36?,38-,39-,41+,42-,43-,44-,45+,46-/m1/s1. The minimum absolute atomic E-state index is 0.00638. The number of rotatable bonds is 10. The van der Waals surface area contributed by atoms with Crippen LogP contribution in [0, 0.1) is 41.4 Å². The summed E-state index contributed by atoms with van der Waals surface area (Å²) >= 11 is 0. The van der Waals surface area contributed by atoms with E-state index < -0.39 is 49.1 Å². The van der Waals surface area contributed by atoms with Gasteiger partial charge in [-0.05, 0) is 65.8 Å². The van der Waals surface area contributed by atoms with Crippen molar-refractivity contribution in [2.75, 3.05) is 41.5 Å². The lowest BCUT2D eigenvalue weighted by Crippen LogP contribution is -2.56. The Morgan fingerprint density at radius 1 is 0.862 bits per heavy atom. The third-order valence-corrected chi connectivity index (χ3v) is 13.1. The number of fused-ring (bicyclic) bond motifs is 3. The van der Waals surface area contributed by atoms with Crippen molar-refractivity contribution >= 4 is 11.8 Å². The fourth-order valence-electron chi connectivity index (χ4n) is 9.31. The van der Waals surface area contributed by atoms with Gasteiger partial charge in [0.15, 0.2) is 18.4 Å². The van der Waals surface area contributed by atoms with E-state index in [4.69, 9.17) is 42.6 Å². The van der Waals surface area contributed by atoms with Crippen LogP contribution in [-0.2, 0) is 52.2 Å². The Balaban J connectivity index is 1.73. The van der Waals surface area contributed by atoms with E-state index in [1.807, 2.05) is 45.9 Å². The number of ketones is 1. The first-order valence-corrected chi connectivity index (χ1v) is 21.5. The molecule has 58 heavy (non-hydrogen) atoms. The van der Waals surface area contributed by atoms with Crippen LogP contribution in [0.1, 0.15) is 81.6 Å². The molecule has 0 radical (unpaired) electrons. The van der Waals surface area contributed by atoms with Crippen molar-refractivity contribution < 1.29 is 52.2 Å². The van der Waals surface area contributed by atoms with Crippen molar-refractivity contribution in [3.63, 3.8) is 0 Å². The number of carbonyl (C=O) groups is 2. The van der Waals surface area contributed by atoms with Crippen LogP contribution in [0.4, 0.5) is 0 Å². The van der Waals surface area contributed by atoms with Gasteiger partial charge in [-0.3, -0.25) is 9.59 Å². The highest BCUT2D eigenvalue weighted by atomic mass is 16.7. The molecule has 0 aromatic carbocycles. The van der Waals surface area contributed by atoms with Gasteiger partial charge in [-0.25, -0.2) is 0 Å².